The number of nitrogens with one attached hydrogen (secondary N) is 1. The molecular formula is C21H23N3O4. The lowest BCUT2D eigenvalue weighted by molar-refractivity contribution is -0.121. The Morgan fingerprint density at radius 3 is 2.57 bits per heavy atom. The van der Waals surface area contributed by atoms with Crippen LogP contribution in [0.15, 0.2) is 53.1 Å². The van der Waals surface area contributed by atoms with Gasteiger partial charge in [0.1, 0.15) is 11.5 Å². The SMILES string of the molecule is COc1ccc(CCC(=O)NCCc2nc(-c3cccc(OC)c3)no2)cc1. The monoisotopic (exact) mass is 381 g/mol. The molecule has 7 nitrogen and oxygen atoms in total. The summed E-state index contributed by atoms with van der Waals surface area (Å²) in [5, 5.41) is 6.86. The molecule has 0 saturated carbocycles. The average Bonchev–Trinajstić information content (AvgIpc) is 3.21. The van der Waals surface area contributed by atoms with Gasteiger partial charge in [-0.15, -0.1) is 0 Å². The third-order valence-corrected chi connectivity index (χ3v) is 4.26. The third kappa shape index (κ3) is 5.33. The maximum Gasteiger partial charge on any atom is 0.228 e. The molecule has 1 heterocycles. The highest BCUT2D eigenvalue weighted by Gasteiger charge is 2.10. The van der Waals surface area contributed by atoms with Crippen LogP contribution in [0.3, 0.4) is 0 Å². The summed E-state index contributed by atoms with van der Waals surface area (Å²) in [6, 6.07) is 15.2. The van der Waals surface area contributed by atoms with Crippen molar-refractivity contribution in [3.05, 3.63) is 60.0 Å². The Bertz CT molecular complexity index is 906. The van der Waals surface area contributed by atoms with Crippen molar-refractivity contribution in [2.24, 2.45) is 0 Å². The number of aromatic nitrogens is 2. The van der Waals surface area contributed by atoms with Gasteiger partial charge in [-0.2, -0.15) is 4.98 Å². The fourth-order valence-corrected chi connectivity index (χ4v) is 2.68. The van der Waals surface area contributed by atoms with E-state index in [4.69, 9.17) is 14.0 Å². The van der Waals surface area contributed by atoms with Crippen LogP contribution in [0.5, 0.6) is 11.5 Å². The minimum atomic E-state index is -0.0108. The normalized spacial score (nSPS) is 10.5. The molecule has 0 bridgehead atoms. The molecule has 0 aliphatic carbocycles. The van der Waals surface area contributed by atoms with Gasteiger partial charge in [-0.05, 0) is 36.2 Å². The summed E-state index contributed by atoms with van der Waals surface area (Å²) in [5.41, 5.74) is 1.91. The van der Waals surface area contributed by atoms with E-state index in [1.165, 1.54) is 0 Å². The highest BCUT2D eigenvalue weighted by atomic mass is 16.5. The molecule has 0 spiro atoms. The molecule has 3 rings (SSSR count). The fourth-order valence-electron chi connectivity index (χ4n) is 2.68. The number of ether oxygens (including phenoxy) is 2. The number of aryl methyl sites for hydroxylation is 1. The van der Waals surface area contributed by atoms with Crippen molar-refractivity contribution >= 4 is 5.91 Å². The van der Waals surface area contributed by atoms with E-state index in [-0.39, 0.29) is 5.91 Å². The summed E-state index contributed by atoms with van der Waals surface area (Å²) in [6.45, 7) is 0.446. The molecule has 3 aromatic rings. The maximum atomic E-state index is 12.0. The molecule has 1 N–H and O–H groups in total. The minimum absolute atomic E-state index is 0.0108. The van der Waals surface area contributed by atoms with Gasteiger partial charge < -0.3 is 19.3 Å². The number of rotatable bonds is 9. The summed E-state index contributed by atoms with van der Waals surface area (Å²) in [7, 11) is 3.24. The Morgan fingerprint density at radius 1 is 1.04 bits per heavy atom. The van der Waals surface area contributed by atoms with Crippen molar-refractivity contribution < 1.29 is 18.8 Å². The quantitative estimate of drug-likeness (QED) is 0.613. The number of methoxy groups -OCH3 is 2. The highest BCUT2D eigenvalue weighted by molar-refractivity contribution is 5.76. The second-order valence-corrected chi connectivity index (χ2v) is 6.19. The second kappa shape index (κ2) is 9.55. The Balaban J connectivity index is 1.43. The number of nitrogens with zero attached hydrogens (tertiary/aromatic N) is 2. The number of amides is 1. The molecule has 146 valence electrons. The van der Waals surface area contributed by atoms with Crippen LogP contribution in [0.2, 0.25) is 0 Å². The van der Waals surface area contributed by atoms with Crippen molar-refractivity contribution in [2.45, 2.75) is 19.3 Å². The molecule has 0 radical (unpaired) electrons. The van der Waals surface area contributed by atoms with E-state index in [9.17, 15) is 4.79 Å². The van der Waals surface area contributed by atoms with Crippen LogP contribution in [-0.4, -0.2) is 36.8 Å². The zero-order valence-electron chi connectivity index (χ0n) is 16.0. The van der Waals surface area contributed by atoms with Crippen molar-refractivity contribution in [1.82, 2.24) is 15.5 Å². The van der Waals surface area contributed by atoms with Gasteiger partial charge in [0.15, 0.2) is 0 Å². The van der Waals surface area contributed by atoms with Crippen molar-refractivity contribution in [1.29, 1.82) is 0 Å². The largest absolute Gasteiger partial charge is 0.497 e. The number of hydrogen-bond acceptors (Lipinski definition) is 6. The fraction of sp³-hybridized carbons (Fsp3) is 0.286. The Morgan fingerprint density at radius 2 is 1.82 bits per heavy atom. The van der Waals surface area contributed by atoms with Gasteiger partial charge in [-0.3, -0.25) is 4.79 Å². The van der Waals surface area contributed by atoms with E-state index in [1.807, 2.05) is 48.5 Å². The van der Waals surface area contributed by atoms with E-state index >= 15 is 0 Å². The van der Waals surface area contributed by atoms with Gasteiger partial charge in [-0.1, -0.05) is 29.4 Å². The van der Waals surface area contributed by atoms with Crippen molar-refractivity contribution in [3.8, 4) is 22.9 Å². The molecule has 0 aliphatic rings. The second-order valence-electron chi connectivity index (χ2n) is 6.19. The van der Waals surface area contributed by atoms with E-state index in [0.29, 0.717) is 37.5 Å². The van der Waals surface area contributed by atoms with Gasteiger partial charge in [0, 0.05) is 24.9 Å². The summed E-state index contributed by atoms with van der Waals surface area (Å²) in [6.07, 6.45) is 1.58. The maximum absolute atomic E-state index is 12.0. The van der Waals surface area contributed by atoms with Crippen molar-refractivity contribution in [3.63, 3.8) is 0 Å². The lowest BCUT2D eigenvalue weighted by Crippen LogP contribution is -2.25. The smallest absolute Gasteiger partial charge is 0.228 e. The molecule has 2 aromatic carbocycles. The van der Waals surface area contributed by atoms with Crippen LogP contribution in [0, 0.1) is 0 Å². The van der Waals surface area contributed by atoms with E-state index in [1.54, 1.807) is 14.2 Å². The van der Waals surface area contributed by atoms with Crippen LogP contribution >= 0.6 is 0 Å². The summed E-state index contributed by atoms with van der Waals surface area (Å²) < 4.78 is 15.6. The van der Waals surface area contributed by atoms with Gasteiger partial charge >= 0.3 is 0 Å². The zero-order chi connectivity index (χ0) is 19.8. The molecule has 1 amide bonds. The number of benzene rings is 2. The summed E-state index contributed by atoms with van der Waals surface area (Å²) >= 11 is 0. The van der Waals surface area contributed by atoms with Crippen LogP contribution in [0.25, 0.3) is 11.4 Å². The minimum Gasteiger partial charge on any atom is -0.497 e. The molecule has 0 atom stereocenters. The first-order chi connectivity index (χ1) is 13.7. The number of carbonyl (C=O) groups is 1. The molecule has 0 saturated heterocycles. The van der Waals surface area contributed by atoms with Crippen LogP contribution in [-0.2, 0) is 17.6 Å². The van der Waals surface area contributed by atoms with Gasteiger partial charge in [0.05, 0.1) is 14.2 Å². The predicted molar refractivity (Wildman–Crippen MR) is 104 cm³/mol. The molecule has 0 unspecified atom stereocenters. The van der Waals surface area contributed by atoms with Crippen molar-refractivity contribution in [2.75, 3.05) is 20.8 Å². The van der Waals surface area contributed by atoms with Crippen LogP contribution in [0.1, 0.15) is 17.9 Å². The highest BCUT2D eigenvalue weighted by Crippen LogP contribution is 2.21. The van der Waals surface area contributed by atoms with E-state index in [2.05, 4.69) is 15.5 Å². The predicted octanol–water partition coefficient (Wildman–Crippen LogP) is 3.05. The Hall–Kier alpha value is -3.35. The lowest BCUT2D eigenvalue weighted by atomic mass is 10.1. The molecule has 7 heteroatoms. The van der Waals surface area contributed by atoms with Gasteiger partial charge in [0.2, 0.25) is 17.6 Å². The van der Waals surface area contributed by atoms with E-state index in [0.717, 1.165) is 22.6 Å². The number of carbonyl (C=O) groups excluding carboxylic acids is 1. The number of hydrogen-bond donors (Lipinski definition) is 1. The van der Waals surface area contributed by atoms with Gasteiger partial charge in [0.25, 0.3) is 0 Å². The molecule has 1 aromatic heterocycles. The Kier molecular flexibility index (Phi) is 6.62. The third-order valence-electron chi connectivity index (χ3n) is 4.26. The molecule has 28 heavy (non-hydrogen) atoms. The van der Waals surface area contributed by atoms with Crippen LogP contribution in [0.4, 0.5) is 0 Å². The average molecular weight is 381 g/mol. The molecule has 0 fully saturated rings. The molecular weight excluding hydrogens is 358 g/mol. The first-order valence-corrected chi connectivity index (χ1v) is 9.04. The topological polar surface area (TPSA) is 86.5 Å². The Labute approximate surface area is 163 Å². The van der Waals surface area contributed by atoms with Crippen LogP contribution < -0.4 is 14.8 Å². The summed E-state index contributed by atoms with van der Waals surface area (Å²) in [4.78, 5) is 16.4. The molecule has 0 aliphatic heterocycles. The van der Waals surface area contributed by atoms with E-state index < -0.39 is 0 Å². The first-order valence-electron chi connectivity index (χ1n) is 9.04. The first kappa shape index (κ1) is 19.4. The zero-order valence-corrected chi connectivity index (χ0v) is 16.0. The standard InChI is InChI=1S/C21H23N3O4/c1-26-17-9-6-15(7-10-17)8-11-19(25)22-13-12-20-23-21(24-28-20)16-4-3-5-18(14-16)27-2/h3-7,9-10,14H,8,11-13H2,1-2H3,(H,22,25). The summed E-state index contributed by atoms with van der Waals surface area (Å²) in [5.74, 6) is 2.51. The van der Waals surface area contributed by atoms with Gasteiger partial charge in [-0.25, -0.2) is 0 Å². The lowest BCUT2D eigenvalue weighted by Gasteiger charge is -2.05.